The van der Waals surface area contributed by atoms with Gasteiger partial charge in [0.05, 0.1) is 11.7 Å². The van der Waals surface area contributed by atoms with Gasteiger partial charge >= 0.3 is 6.03 Å². The second kappa shape index (κ2) is 5.31. The van der Waals surface area contributed by atoms with E-state index in [4.69, 9.17) is 0 Å². The van der Waals surface area contributed by atoms with E-state index in [1.165, 1.54) is 25.7 Å². The van der Waals surface area contributed by atoms with E-state index in [9.17, 15) is 4.79 Å². The van der Waals surface area contributed by atoms with Crippen molar-refractivity contribution >= 4 is 6.03 Å². The summed E-state index contributed by atoms with van der Waals surface area (Å²) in [4.78, 5) is 14.2. The number of carbonyl (C=O) groups excluding carboxylic acids is 1. The number of rotatable bonds is 3. The van der Waals surface area contributed by atoms with Crippen LogP contribution in [-0.4, -0.2) is 45.1 Å². The highest BCUT2D eigenvalue weighted by molar-refractivity contribution is 5.74. The lowest BCUT2D eigenvalue weighted by Crippen LogP contribution is -2.43. The van der Waals surface area contributed by atoms with E-state index in [0.717, 1.165) is 38.0 Å². The monoisotopic (exact) mass is 289 g/mol. The zero-order valence-corrected chi connectivity index (χ0v) is 12.4. The van der Waals surface area contributed by atoms with Crippen molar-refractivity contribution in [3.63, 3.8) is 0 Å². The molecule has 1 aromatic rings. The average molecular weight is 289 g/mol. The van der Waals surface area contributed by atoms with E-state index >= 15 is 0 Å². The summed E-state index contributed by atoms with van der Waals surface area (Å²) >= 11 is 0. The van der Waals surface area contributed by atoms with Crippen LogP contribution in [0.4, 0.5) is 4.79 Å². The van der Waals surface area contributed by atoms with Crippen molar-refractivity contribution in [3.8, 4) is 0 Å². The van der Waals surface area contributed by atoms with Crippen LogP contribution in [0.15, 0.2) is 6.20 Å². The highest BCUT2D eigenvalue weighted by Crippen LogP contribution is 2.39. The minimum atomic E-state index is 0.104. The van der Waals surface area contributed by atoms with Gasteiger partial charge in [0, 0.05) is 31.2 Å². The van der Waals surface area contributed by atoms with Crippen molar-refractivity contribution in [2.75, 3.05) is 13.1 Å². The number of urea groups is 1. The lowest BCUT2D eigenvalue weighted by Gasteiger charge is -2.20. The summed E-state index contributed by atoms with van der Waals surface area (Å²) in [6.07, 6.45) is 10.3. The summed E-state index contributed by atoms with van der Waals surface area (Å²) in [5.41, 5.74) is 1.13. The van der Waals surface area contributed by atoms with Gasteiger partial charge in [0.1, 0.15) is 0 Å². The second-order valence-corrected chi connectivity index (χ2v) is 6.72. The maximum absolute atomic E-state index is 12.3. The highest BCUT2D eigenvalue weighted by atomic mass is 16.2. The fourth-order valence-electron chi connectivity index (χ4n) is 3.51. The molecule has 114 valence electrons. The predicted octanol–water partition coefficient (Wildman–Crippen LogP) is 2.05. The minimum absolute atomic E-state index is 0.104. The normalized spacial score (nSPS) is 26.5. The highest BCUT2D eigenvalue weighted by Gasteiger charge is 2.31. The predicted molar refractivity (Wildman–Crippen MR) is 78.0 cm³/mol. The number of nitrogens with zero attached hydrogens (tertiary/aromatic N) is 4. The van der Waals surface area contributed by atoms with Gasteiger partial charge in [0.25, 0.3) is 0 Å². The van der Waals surface area contributed by atoms with E-state index in [1.807, 2.05) is 9.58 Å². The molecule has 0 bridgehead atoms. The molecule has 0 radical (unpaired) electrons. The van der Waals surface area contributed by atoms with Crippen LogP contribution in [0.1, 0.15) is 62.6 Å². The first-order valence-electron chi connectivity index (χ1n) is 8.27. The molecule has 0 aromatic carbocycles. The number of nitrogens with one attached hydrogen (secondary N) is 1. The molecule has 1 aromatic heterocycles. The number of carbonyl (C=O) groups is 1. The summed E-state index contributed by atoms with van der Waals surface area (Å²) in [6.45, 7) is 1.58. The standard InChI is InChI=1S/C15H23N5O/c21-15(16-12-3-1-2-4-12)19-8-7-13(9-19)20-10-14(17-18-20)11-5-6-11/h10-13H,1-9H2,(H,16,21). The van der Waals surface area contributed by atoms with Crippen molar-refractivity contribution in [1.29, 1.82) is 0 Å². The lowest BCUT2D eigenvalue weighted by atomic mass is 10.2. The van der Waals surface area contributed by atoms with E-state index in [2.05, 4.69) is 21.8 Å². The van der Waals surface area contributed by atoms with Crippen molar-refractivity contribution < 1.29 is 4.79 Å². The Morgan fingerprint density at radius 2 is 2.00 bits per heavy atom. The Labute approximate surface area is 124 Å². The number of hydrogen-bond donors (Lipinski definition) is 1. The summed E-state index contributed by atoms with van der Waals surface area (Å²) in [5.74, 6) is 0.641. The molecular weight excluding hydrogens is 266 g/mol. The molecule has 2 amide bonds. The Morgan fingerprint density at radius 1 is 1.19 bits per heavy atom. The molecule has 4 rings (SSSR count). The molecule has 1 unspecified atom stereocenters. The summed E-state index contributed by atoms with van der Waals surface area (Å²) < 4.78 is 1.97. The largest absolute Gasteiger partial charge is 0.335 e. The van der Waals surface area contributed by atoms with Crippen molar-refractivity contribution in [3.05, 3.63) is 11.9 Å². The third-order valence-electron chi connectivity index (χ3n) is 5.03. The molecule has 1 N–H and O–H groups in total. The van der Waals surface area contributed by atoms with Crippen molar-refractivity contribution in [1.82, 2.24) is 25.2 Å². The Bertz CT molecular complexity index is 518. The molecular formula is C15H23N5O. The maximum Gasteiger partial charge on any atom is 0.317 e. The molecule has 21 heavy (non-hydrogen) atoms. The van der Waals surface area contributed by atoms with E-state index in [-0.39, 0.29) is 6.03 Å². The van der Waals surface area contributed by atoms with Crippen LogP contribution in [-0.2, 0) is 0 Å². The Kier molecular flexibility index (Phi) is 3.31. The van der Waals surface area contributed by atoms with Gasteiger partial charge in [-0.25, -0.2) is 9.48 Å². The van der Waals surface area contributed by atoms with Crippen LogP contribution < -0.4 is 5.32 Å². The molecule has 2 heterocycles. The molecule has 1 saturated heterocycles. The summed E-state index contributed by atoms with van der Waals surface area (Å²) in [5, 5.41) is 11.7. The van der Waals surface area contributed by atoms with Gasteiger partial charge in [-0.3, -0.25) is 0 Å². The Balaban J connectivity index is 1.33. The first kappa shape index (κ1) is 13.1. The van der Waals surface area contributed by atoms with Crippen LogP contribution in [0.2, 0.25) is 0 Å². The average Bonchev–Trinajstić information content (AvgIpc) is 2.94. The molecule has 6 nitrogen and oxygen atoms in total. The molecule has 1 atom stereocenters. The van der Waals surface area contributed by atoms with Crippen LogP contribution >= 0.6 is 0 Å². The van der Waals surface area contributed by atoms with E-state index in [0.29, 0.717) is 18.0 Å². The molecule has 1 aliphatic heterocycles. The number of aromatic nitrogens is 3. The van der Waals surface area contributed by atoms with Gasteiger partial charge < -0.3 is 10.2 Å². The van der Waals surface area contributed by atoms with Crippen molar-refractivity contribution in [2.24, 2.45) is 0 Å². The Hall–Kier alpha value is -1.59. The molecule has 2 saturated carbocycles. The van der Waals surface area contributed by atoms with Gasteiger partial charge in [-0.05, 0) is 32.1 Å². The van der Waals surface area contributed by atoms with Crippen LogP contribution in [0.25, 0.3) is 0 Å². The SMILES string of the molecule is O=C(NC1CCCC1)N1CCC(n2cc(C3CC3)nn2)C1. The zero-order valence-electron chi connectivity index (χ0n) is 12.4. The number of amides is 2. The molecule has 3 aliphatic rings. The topological polar surface area (TPSA) is 63.1 Å². The van der Waals surface area contributed by atoms with Crippen LogP contribution in [0.5, 0.6) is 0 Å². The first-order chi connectivity index (χ1) is 10.3. The van der Waals surface area contributed by atoms with Crippen LogP contribution in [0.3, 0.4) is 0 Å². The quantitative estimate of drug-likeness (QED) is 0.926. The van der Waals surface area contributed by atoms with Gasteiger partial charge in [-0.15, -0.1) is 5.10 Å². The van der Waals surface area contributed by atoms with Gasteiger partial charge in [-0.1, -0.05) is 18.1 Å². The second-order valence-electron chi connectivity index (χ2n) is 6.72. The fraction of sp³-hybridized carbons (Fsp3) is 0.800. The first-order valence-corrected chi connectivity index (χ1v) is 8.27. The third-order valence-corrected chi connectivity index (χ3v) is 5.03. The fourth-order valence-corrected chi connectivity index (χ4v) is 3.51. The number of likely N-dealkylation sites (tertiary alicyclic amines) is 1. The summed E-state index contributed by atoms with van der Waals surface area (Å²) in [6, 6.07) is 0.788. The molecule has 3 fully saturated rings. The van der Waals surface area contributed by atoms with E-state index < -0.39 is 0 Å². The minimum Gasteiger partial charge on any atom is -0.335 e. The molecule has 6 heteroatoms. The van der Waals surface area contributed by atoms with Gasteiger partial charge in [0.15, 0.2) is 0 Å². The van der Waals surface area contributed by atoms with Gasteiger partial charge in [0.2, 0.25) is 0 Å². The number of hydrogen-bond acceptors (Lipinski definition) is 3. The summed E-state index contributed by atoms with van der Waals surface area (Å²) in [7, 11) is 0. The van der Waals surface area contributed by atoms with Crippen LogP contribution in [0, 0.1) is 0 Å². The maximum atomic E-state index is 12.3. The molecule has 2 aliphatic carbocycles. The third kappa shape index (κ3) is 2.76. The zero-order chi connectivity index (χ0) is 14.2. The Morgan fingerprint density at radius 3 is 2.76 bits per heavy atom. The smallest absolute Gasteiger partial charge is 0.317 e. The molecule has 0 spiro atoms. The van der Waals surface area contributed by atoms with Gasteiger partial charge in [-0.2, -0.15) is 0 Å². The lowest BCUT2D eigenvalue weighted by molar-refractivity contribution is 0.202. The van der Waals surface area contributed by atoms with E-state index in [1.54, 1.807) is 0 Å². The van der Waals surface area contributed by atoms with Crippen molar-refractivity contribution in [2.45, 2.75) is 62.9 Å².